The minimum atomic E-state index is -0.257. The standard InChI is InChI=1S/C21H38Br2O2Si/c1-19(2)20(24)25-17-15-13-11-9-7-5-3-4-6-8-10-12-14-16-18-26-21(22)23/h21H,1,3-18H2,2H3. The van der Waals surface area contributed by atoms with Gasteiger partial charge in [-0.05, 0) is 13.3 Å². The van der Waals surface area contributed by atoms with Gasteiger partial charge in [-0.2, -0.15) is 0 Å². The van der Waals surface area contributed by atoms with Crippen LogP contribution in [0.5, 0.6) is 0 Å². The minimum Gasteiger partial charge on any atom is -0.462 e. The Morgan fingerprint density at radius 1 is 0.808 bits per heavy atom. The Morgan fingerprint density at radius 2 is 1.19 bits per heavy atom. The van der Waals surface area contributed by atoms with Crippen LogP contribution in [-0.4, -0.2) is 25.5 Å². The molecule has 0 aliphatic rings. The summed E-state index contributed by atoms with van der Waals surface area (Å²) in [6.45, 7) is 5.81. The van der Waals surface area contributed by atoms with E-state index in [-0.39, 0.29) is 5.97 Å². The summed E-state index contributed by atoms with van der Waals surface area (Å²) in [6, 6.07) is 1.36. The number of carbonyl (C=O) groups is 1. The summed E-state index contributed by atoms with van der Waals surface area (Å²) in [7, 11) is 1.01. The first kappa shape index (κ1) is 26.4. The molecule has 0 heterocycles. The molecular formula is C21H38Br2O2Si. The first-order valence-corrected chi connectivity index (χ1v) is 13.5. The highest BCUT2D eigenvalue weighted by molar-refractivity contribution is 9.25. The first-order valence-electron chi connectivity index (χ1n) is 10.4. The van der Waals surface area contributed by atoms with Crippen molar-refractivity contribution < 1.29 is 9.53 Å². The lowest BCUT2D eigenvalue weighted by Crippen LogP contribution is -2.05. The molecule has 2 nitrogen and oxygen atoms in total. The molecule has 2 radical (unpaired) electrons. The van der Waals surface area contributed by atoms with Crippen LogP contribution in [0.1, 0.15) is 96.8 Å². The van der Waals surface area contributed by atoms with Crippen LogP contribution in [0.15, 0.2) is 12.2 Å². The highest BCUT2D eigenvalue weighted by Crippen LogP contribution is 2.14. The predicted molar refractivity (Wildman–Crippen MR) is 123 cm³/mol. The second-order valence-corrected chi connectivity index (χ2v) is 13.4. The molecule has 0 aromatic carbocycles. The molecule has 0 saturated carbocycles. The second kappa shape index (κ2) is 20.1. The van der Waals surface area contributed by atoms with E-state index in [4.69, 9.17) is 4.74 Å². The van der Waals surface area contributed by atoms with Crippen molar-refractivity contribution in [1.82, 2.24) is 0 Å². The Bertz CT molecular complexity index is 349. The summed E-state index contributed by atoms with van der Waals surface area (Å²) in [5, 5.41) is 0. The third-order valence-electron chi connectivity index (χ3n) is 4.45. The van der Waals surface area contributed by atoms with Crippen LogP contribution in [0.2, 0.25) is 6.04 Å². The van der Waals surface area contributed by atoms with E-state index in [2.05, 4.69) is 38.4 Å². The molecule has 0 rings (SSSR count). The van der Waals surface area contributed by atoms with Crippen LogP contribution in [-0.2, 0) is 9.53 Å². The molecule has 0 aromatic rings. The summed E-state index contributed by atoms with van der Waals surface area (Å²) < 4.78 is 5.62. The molecule has 0 fully saturated rings. The Balaban J connectivity index is 3.07. The topological polar surface area (TPSA) is 26.3 Å². The molecule has 0 saturated heterocycles. The number of esters is 1. The summed E-state index contributed by atoms with van der Waals surface area (Å²) in [5.41, 5.74) is 0.489. The zero-order valence-corrected chi connectivity index (χ0v) is 20.8. The molecule has 152 valence electrons. The van der Waals surface area contributed by atoms with E-state index >= 15 is 0 Å². The molecule has 0 aromatic heterocycles. The Labute approximate surface area is 181 Å². The van der Waals surface area contributed by atoms with Crippen LogP contribution in [0, 0.1) is 0 Å². The van der Waals surface area contributed by atoms with E-state index in [1.165, 1.54) is 83.1 Å². The maximum Gasteiger partial charge on any atom is 0.333 e. The molecule has 5 heteroatoms. The molecule has 0 amide bonds. The number of hydrogen-bond donors (Lipinski definition) is 0. The van der Waals surface area contributed by atoms with Gasteiger partial charge in [-0.25, -0.2) is 4.79 Å². The van der Waals surface area contributed by atoms with E-state index in [0.717, 1.165) is 22.4 Å². The zero-order chi connectivity index (χ0) is 19.5. The molecule has 0 N–H and O–H groups in total. The van der Waals surface area contributed by atoms with Gasteiger partial charge in [0.2, 0.25) is 0 Å². The fraction of sp³-hybridized carbons (Fsp3) is 0.857. The maximum atomic E-state index is 11.2. The van der Waals surface area contributed by atoms with E-state index < -0.39 is 0 Å². The number of alkyl halides is 2. The monoisotopic (exact) mass is 508 g/mol. The van der Waals surface area contributed by atoms with Gasteiger partial charge in [0.05, 0.1) is 19.5 Å². The lowest BCUT2D eigenvalue weighted by atomic mass is 10.0. The van der Waals surface area contributed by atoms with Gasteiger partial charge in [-0.3, -0.25) is 0 Å². The highest BCUT2D eigenvalue weighted by Gasteiger charge is 2.02. The van der Waals surface area contributed by atoms with Crippen molar-refractivity contribution in [3.8, 4) is 0 Å². The van der Waals surface area contributed by atoms with Gasteiger partial charge in [0, 0.05) is 5.57 Å². The second-order valence-electron chi connectivity index (χ2n) is 7.12. The number of carbonyl (C=O) groups excluding carboxylic acids is 1. The smallest absolute Gasteiger partial charge is 0.333 e. The fourth-order valence-corrected chi connectivity index (χ4v) is 4.89. The van der Waals surface area contributed by atoms with Gasteiger partial charge >= 0.3 is 5.97 Å². The predicted octanol–water partition coefficient (Wildman–Crippen LogP) is 7.76. The van der Waals surface area contributed by atoms with Crippen LogP contribution in [0.3, 0.4) is 0 Å². The van der Waals surface area contributed by atoms with Crippen molar-refractivity contribution in [2.45, 2.75) is 106 Å². The molecule has 0 spiro atoms. The van der Waals surface area contributed by atoms with Crippen molar-refractivity contribution in [2.24, 2.45) is 0 Å². The lowest BCUT2D eigenvalue weighted by molar-refractivity contribution is -0.139. The summed E-state index contributed by atoms with van der Waals surface area (Å²) in [4.78, 5) is 11.2. The van der Waals surface area contributed by atoms with Crippen LogP contribution in [0.4, 0.5) is 0 Å². The number of hydrogen-bond acceptors (Lipinski definition) is 2. The summed E-state index contributed by atoms with van der Waals surface area (Å²) in [6.07, 6.45) is 18.7. The third kappa shape index (κ3) is 20.7. The number of rotatable bonds is 19. The number of ether oxygens (including phenoxy) is 1. The molecule has 0 aliphatic carbocycles. The molecular weight excluding hydrogens is 472 g/mol. The normalized spacial score (nSPS) is 11.1. The highest BCUT2D eigenvalue weighted by atomic mass is 79.9. The van der Waals surface area contributed by atoms with E-state index in [0.29, 0.717) is 15.5 Å². The minimum absolute atomic E-state index is 0.257. The van der Waals surface area contributed by atoms with E-state index in [1.54, 1.807) is 6.92 Å². The molecule has 0 bridgehead atoms. The largest absolute Gasteiger partial charge is 0.462 e. The van der Waals surface area contributed by atoms with Gasteiger partial charge in [0.1, 0.15) is 0 Å². The van der Waals surface area contributed by atoms with Gasteiger partial charge in [-0.15, -0.1) is 0 Å². The third-order valence-corrected chi connectivity index (χ3v) is 7.34. The van der Waals surface area contributed by atoms with Crippen molar-refractivity contribution >= 4 is 47.3 Å². The van der Waals surface area contributed by atoms with Gasteiger partial charge < -0.3 is 4.74 Å². The summed E-state index contributed by atoms with van der Waals surface area (Å²) >= 11 is 7.08. The fourth-order valence-electron chi connectivity index (χ4n) is 2.85. The maximum absolute atomic E-state index is 11.2. The van der Waals surface area contributed by atoms with Crippen LogP contribution >= 0.6 is 31.9 Å². The van der Waals surface area contributed by atoms with Crippen LogP contribution < -0.4 is 0 Å². The van der Waals surface area contributed by atoms with Gasteiger partial charge in [-0.1, -0.05) is 128 Å². The quantitative estimate of drug-likeness (QED) is 0.0584. The average molecular weight is 510 g/mol. The Hall–Kier alpha value is 0.387. The molecule has 0 aliphatic heterocycles. The first-order chi connectivity index (χ1) is 12.5. The van der Waals surface area contributed by atoms with Crippen molar-refractivity contribution in [1.29, 1.82) is 0 Å². The zero-order valence-electron chi connectivity index (χ0n) is 16.7. The molecule has 0 atom stereocenters. The SMILES string of the molecule is C=C(C)C(=O)OCCCCCCCCCCCCCCCC[Si]C(Br)Br. The van der Waals surface area contributed by atoms with Crippen molar-refractivity contribution in [3.63, 3.8) is 0 Å². The van der Waals surface area contributed by atoms with Gasteiger partial charge in [0.15, 0.2) is 0 Å². The lowest BCUT2D eigenvalue weighted by Gasteiger charge is -2.05. The van der Waals surface area contributed by atoms with Gasteiger partial charge in [0.25, 0.3) is 0 Å². The average Bonchev–Trinajstić information content (AvgIpc) is 2.60. The number of unbranched alkanes of at least 4 members (excludes halogenated alkanes) is 13. The Morgan fingerprint density at radius 3 is 1.58 bits per heavy atom. The summed E-state index contributed by atoms with van der Waals surface area (Å²) in [5.74, 6) is -0.257. The molecule has 26 heavy (non-hydrogen) atoms. The van der Waals surface area contributed by atoms with E-state index in [9.17, 15) is 4.79 Å². The van der Waals surface area contributed by atoms with Crippen molar-refractivity contribution in [3.05, 3.63) is 12.2 Å². The van der Waals surface area contributed by atoms with Crippen molar-refractivity contribution in [2.75, 3.05) is 6.61 Å². The van der Waals surface area contributed by atoms with Crippen LogP contribution in [0.25, 0.3) is 0 Å². The Kier molecular flexibility index (Phi) is 20.4. The van der Waals surface area contributed by atoms with E-state index in [1.807, 2.05) is 0 Å². The number of halogens is 2. The molecule has 0 unspecified atom stereocenters.